The second-order valence-corrected chi connectivity index (χ2v) is 14.8. The number of hydrogen-bond acceptors (Lipinski definition) is 2. The Morgan fingerprint density at radius 1 is 0.583 bits per heavy atom. The molecule has 0 amide bonds. The SMILES string of the molecule is O=S(=O)(c1ccccc1)C([Se]c1ccccc1)[Se]c1ccccc1. The molecule has 0 aliphatic heterocycles. The van der Waals surface area contributed by atoms with Crippen molar-refractivity contribution in [3.8, 4) is 0 Å². The van der Waals surface area contributed by atoms with Gasteiger partial charge in [0.05, 0.1) is 0 Å². The molecule has 2 nitrogen and oxygen atoms in total. The van der Waals surface area contributed by atoms with Crippen LogP contribution in [0.1, 0.15) is 0 Å². The zero-order valence-electron chi connectivity index (χ0n) is 12.8. The summed E-state index contributed by atoms with van der Waals surface area (Å²) in [6.07, 6.45) is 0. The maximum absolute atomic E-state index is 13.2. The summed E-state index contributed by atoms with van der Waals surface area (Å²) < 4.78 is 28.2. The average Bonchev–Trinajstić information content (AvgIpc) is 2.64. The van der Waals surface area contributed by atoms with Crippen molar-refractivity contribution >= 4 is 48.7 Å². The third-order valence-corrected chi connectivity index (χ3v) is 14.1. The van der Waals surface area contributed by atoms with Gasteiger partial charge in [0.2, 0.25) is 0 Å². The molecule has 0 atom stereocenters. The van der Waals surface area contributed by atoms with E-state index in [9.17, 15) is 8.42 Å². The van der Waals surface area contributed by atoms with E-state index in [0.717, 1.165) is 8.92 Å². The zero-order valence-corrected chi connectivity index (χ0v) is 17.0. The van der Waals surface area contributed by atoms with Crippen LogP contribution in [0.4, 0.5) is 0 Å². The van der Waals surface area contributed by atoms with Gasteiger partial charge in [0.25, 0.3) is 0 Å². The van der Waals surface area contributed by atoms with E-state index in [1.165, 1.54) is 0 Å². The quantitative estimate of drug-likeness (QED) is 0.520. The molecule has 24 heavy (non-hydrogen) atoms. The number of hydrogen-bond donors (Lipinski definition) is 0. The minimum atomic E-state index is -3.34. The molecule has 3 aromatic rings. The van der Waals surface area contributed by atoms with Gasteiger partial charge in [-0.1, -0.05) is 0 Å². The first-order valence-electron chi connectivity index (χ1n) is 7.38. The fraction of sp³-hybridized carbons (Fsp3) is 0.0526. The van der Waals surface area contributed by atoms with Crippen LogP contribution in [0.25, 0.3) is 0 Å². The Morgan fingerprint density at radius 3 is 1.38 bits per heavy atom. The van der Waals surface area contributed by atoms with Gasteiger partial charge in [-0.3, -0.25) is 0 Å². The van der Waals surface area contributed by atoms with Crippen LogP contribution in [-0.2, 0) is 9.84 Å². The fourth-order valence-electron chi connectivity index (χ4n) is 2.09. The molecule has 0 aliphatic carbocycles. The first-order valence-corrected chi connectivity index (χ1v) is 12.6. The van der Waals surface area contributed by atoms with E-state index in [2.05, 4.69) is 0 Å². The van der Waals surface area contributed by atoms with Crippen molar-refractivity contribution in [3.05, 3.63) is 91.0 Å². The van der Waals surface area contributed by atoms with Crippen molar-refractivity contribution in [2.75, 3.05) is 0 Å². The van der Waals surface area contributed by atoms with Crippen molar-refractivity contribution in [1.29, 1.82) is 0 Å². The van der Waals surface area contributed by atoms with Crippen molar-refractivity contribution in [2.45, 2.75) is 7.94 Å². The fourth-order valence-corrected chi connectivity index (χ4v) is 12.6. The van der Waals surface area contributed by atoms with Gasteiger partial charge in [0.1, 0.15) is 0 Å². The Bertz CT molecular complexity index is 826. The summed E-state index contributed by atoms with van der Waals surface area (Å²) in [5.74, 6) is 0. The van der Waals surface area contributed by atoms with E-state index in [1.54, 1.807) is 24.3 Å². The Hall–Kier alpha value is -1.35. The molecule has 122 valence electrons. The molecule has 0 saturated heterocycles. The average molecular weight is 466 g/mol. The molecule has 0 fully saturated rings. The molecule has 0 N–H and O–H groups in total. The maximum atomic E-state index is 13.2. The van der Waals surface area contributed by atoms with Gasteiger partial charge in [0.15, 0.2) is 0 Å². The molecular weight excluding hydrogens is 450 g/mol. The van der Waals surface area contributed by atoms with Gasteiger partial charge in [-0.05, 0) is 0 Å². The summed E-state index contributed by atoms with van der Waals surface area (Å²) in [7, 11) is -3.34. The molecule has 0 heterocycles. The van der Waals surface area contributed by atoms with Crippen LogP contribution in [0.5, 0.6) is 0 Å². The minimum absolute atomic E-state index is 0.133. The topological polar surface area (TPSA) is 34.1 Å². The van der Waals surface area contributed by atoms with Gasteiger partial charge in [0, 0.05) is 0 Å². The molecule has 3 aromatic carbocycles. The summed E-state index contributed by atoms with van der Waals surface area (Å²) in [5, 5.41) is 0. The Morgan fingerprint density at radius 2 is 0.958 bits per heavy atom. The molecular formula is C19H16O2SSe2. The van der Waals surface area contributed by atoms with Crippen LogP contribution in [0.2, 0.25) is 0 Å². The summed E-state index contributed by atoms with van der Waals surface area (Å²) in [4.78, 5) is 0.422. The third kappa shape index (κ3) is 4.38. The van der Waals surface area contributed by atoms with Gasteiger partial charge < -0.3 is 0 Å². The molecule has 0 bridgehead atoms. The zero-order chi connectivity index (χ0) is 16.8. The van der Waals surface area contributed by atoms with Gasteiger partial charge in [-0.15, -0.1) is 0 Å². The van der Waals surface area contributed by atoms with Gasteiger partial charge in [-0.2, -0.15) is 0 Å². The number of sulfone groups is 1. The molecule has 0 spiro atoms. The van der Waals surface area contributed by atoms with E-state index in [1.807, 2.05) is 66.7 Å². The van der Waals surface area contributed by atoms with Crippen molar-refractivity contribution in [1.82, 2.24) is 0 Å². The van der Waals surface area contributed by atoms with Crippen LogP contribution in [0.3, 0.4) is 0 Å². The standard InChI is InChI=1S/C19H16O2SSe2/c20-22(21,16-10-4-1-5-11-16)19(23-17-12-6-2-7-13-17)24-18-14-8-3-9-15-18/h1-15,19H. The molecule has 0 aromatic heterocycles. The van der Waals surface area contributed by atoms with Crippen LogP contribution < -0.4 is 8.92 Å². The Balaban J connectivity index is 1.95. The Kier molecular flexibility index (Phi) is 5.93. The van der Waals surface area contributed by atoms with Gasteiger partial charge >= 0.3 is 156 Å². The number of benzene rings is 3. The van der Waals surface area contributed by atoms with Crippen LogP contribution in [0, 0.1) is 0 Å². The third-order valence-electron chi connectivity index (χ3n) is 3.28. The molecule has 3 rings (SSSR count). The van der Waals surface area contributed by atoms with E-state index < -0.39 is 9.84 Å². The first-order chi connectivity index (χ1) is 11.7. The second kappa shape index (κ2) is 8.15. The van der Waals surface area contributed by atoms with Crippen molar-refractivity contribution < 1.29 is 8.42 Å². The van der Waals surface area contributed by atoms with E-state index in [0.29, 0.717) is 4.90 Å². The van der Waals surface area contributed by atoms with Crippen LogP contribution >= 0.6 is 0 Å². The second-order valence-electron chi connectivity index (χ2n) is 5.01. The summed E-state index contributed by atoms with van der Waals surface area (Å²) in [6.45, 7) is 0. The Labute approximate surface area is 155 Å². The van der Waals surface area contributed by atoms with E-state index in [4.69, 9.17) is 0 Å². The van der Waals surface area contributed by atoms with Gasteiger partial charge in [-0.25, -0.2) is 0 Å². The van der Waals surface area contributed by atoms with E-state index in [-0.39, 0.29) is 33.0 Å². The normalized spacial score (nSPS) is 11.5. The molecule has 5 heteroatoms. The predicted molar refractivity (Wildman–Crippen MR) is 101 cm³/mol. The summed E-state index contributed by atoms with van der Waals surface area (Å²) in [5.41, 5.74) is 0. The first kappa shape index (κ1) is 17.5. The molecule has 0 unspecified atom stereocenters. The van der Waals surface area contributed by atoms with Crippen molar-refractivity contribution in [2.24, 2.45) is 0 Å². The van der Waals surface area contributed by atoms with E-state index >= 15 is 0 Å². The molecule has 0 radical (unpaired) electrons. The molecule has 0 aliphatic rings. The summed E-state index contributed by atoms with van der Waals surface area (Å²) >= 11 is -0.266. The van der Waals surface area contributed by atoms with Crippen molar-refractivity contribution in [3.63, 3.8) is 0 Å². The van der Waals surface area contributed by atoms with Crippen LogP contribution in [0.15, 0.2) is 95.9 Å². The van der Waals surface area contributed by atoms with Crippen LogP contribution in [-0.4, -0.2) is 41.4 Å². The molecule has 0 saturated carbocycles. The number of rotatable bonds is 6. The monoisotopic (exact) mass is 468 g/mol. The predicted octanol–water partition coefficient (Wildman–Crippen LogP) is 1.80. The summed E-state index contributed by atoms with van der Waals surface area (Å²) in [6, 6.07) is 28.7.